The van der Waals surface area contributed by atoms with Crippen LogP contribution in [0.25, 0.3) is 0 Å². The fraction of sp³-hybridized carbons (Fsp3) is 0.308. The predicted molar refractivity (Wildman–Crippen MR) is 68.2 cm³/mol. The fourth-order valence-electron chi connectivity index (χ4n) is 1.76. The van der Waals surface area contributed by atoms with Crippen molar-refractivity contribution in [3.63, 3.8) is 0 Å². The van der Waals surface area contributed by atoms with Crippen LogP contribution in [-0.4, -0.2) is 21.1 Å². The van der Waals surface area contributed by atoms with Crippen molar-refractivity contribution >= 4 is 5.91 Å². The Hall–Kier alpha value is -2.17. The van der Waals surface area contributed by atoms with Crippen LogP contribution in [0.3, 0.4) is 0 Å². The van der Waals surface area contributed by atoms with Gasteiger partial charge in [-0.25, -0.2) is 4.98 Å². The van der Waals surface area contributed by atoms with E-state index in [1.807, 2.05) is 39.0 Å². The number of benzene rings is 1. The van der Waals surface area contributed by atoms with Crippen LogP contribution in [0.5, 0.6) is 0 Å². The zero-order valence-electron chi connectivity index (χ0n) is 10.7. The molecule has 0 saturated carbocycles. The fourth-order valence-corrected chi connectivity index (χ4v) is 1.76. The molecule has 2 rings (SSSR count). The maximum Gasteiger partial charge on any atom is 0.252 e. The van der Waals surface area contributed by atoms with Gasteiger partial charge in [0.1, 0.15) is 12.2 Å². The molecule has 5 nitrogen and oxygen atoms in total. The van der Waals surface area contributed by atoms with Gasteiger partial charge in [0.05, 0.1) is 6.04 Å². The number of H-pyrrole nitrogens is 1. The van der Waals surface area contributed by atoms with Crippen LogP contribution in [0, 0.1) is 13.8 Å². The Morgan fingerprint density at radius 3 is 2.83 bits per heavy atom. The normalized spacial score (nSPS) is 12.2. The molecular formula is C13H16N4O. The van der Waals surface area contributed by atoms with Gasteiger partial charge in [0, 0.05) is 5.56 Å². The summed E-state index contributed by atoms with van der Waals surface area (Å²) in [6.45, 7) is 5.80. The van der Waals surface area contributed by atoms with Gasteiger partial charge < -0.3 is 5.32 Å². The van der Waals surface area contributed by atoms with Crippen molar-refractivity contribution in [1.82, 2.24) is 20.5 Å². The second-order valence-electron chi connectivity index (χ2n) is 4.31. The first-order valence-electron chi connectivity index (χ1n) is 5.82. The zero-order valence-corrected chi connectivity index (χ0v) is 10.7. The van der Waals surface area contributed by atoms with E-state index in [1.54, 1.807) is 0 Å². The monoisotopic (exact) mass is 244 g/mol. The van der Waals surface area contributed by atoms with Gasteiger partial charge >= 0.3 is 0 Å². The molecule has 0 radical (unpaired) electrons. The Morgan fingerprint density at radius 1 is 1.39 bits per heavy atom. The molecule has 1 atom stereocenters. The smallest absolute Gasteiger partial charge is 0.252 e. The molecule has 1 unspecified atom stereocenters. The van der Waals surface area contributed by atoms with Gasteiger partial charge in [-0.3, -0.25) is 9.89 Å². The molecule has 0 saturated heterocycles. The lowest BCUT2D eigenvalue weighted by Crippen LogP contribution is -2.28. The van der Waals surface area contributed by atoms with Gasteiger partial charge in [-0.05, 0) is 38.0 Å². The van der Waals surface area contributed by atoms with Gasteiger partial charge in [-0.15, -0.1) is 0 Å². The molecule has 2 N–H and O–H groups in total. The van der Waals surface area contributed by atoms with Crippen LogP contribution in [-0.2, 0) is 0 Å². The average Bonchev–Trinajstić information content (AvgIpc) is 2.86. The maximum atomic E-state index is 12.2. The summed E-state index contributed by atoms with van der Waals surface area (Å²) in [6, 6.07) is 5.51. The highest BCUT2D eigenvalue weighted by molar-refractivity contribution is 5.96. The first-order chi connectivity index (χ1) is 8.59. The molecule has 18 heavy (non-hydrogen) atoms. The van der Waals surface area contributed by atoms with Gasteiger partial charge in [-0.1, -0.05) is 12.1 Å². The Balaban J connectivity index is 2.15. The summed E-state index contributed by atoms with van der Waals surface area (Å²) in [5.74, 6) is 0.550. The Kier molecular flexibility index (Phi) is 3.41. The minimum absolute atomic E-state index is 0.0971. The van der Waals surface area contributed by atoms with Crippen LogP contribution in [0.15, 0.2) is 24.5 Å². The molecule has 1 aromatic carbocycles. The molecular weight excluding hydrogens is 228 g/mol. The average molecular weight is 244 g/mol. The highest BCUT2D eigenvalue weighted by Crippen LogP contribution is 2.14. The number of hydrogen-bond acceptors (Lipinski definition) is 3. The number of aromatic nitrogens is 3. The lowest BCUT2D eigenvalue weighted by Gasteiger charge is -2.13. The maximum absolute atomic E-state index is 12.2. The Morgan fingerprint density at radius 2 is 2.17 bits per heavy atom. The van der Waals surface area contributed by atoms with E-state index in [9.17, 15) is 4.79 Å². The largest absolute Gasteiger partial charge is 0.342 e. The molecule has 5 heteroatoms. The number of carbonyl (C=O) groups excluding carboxylic acids is 1. The molecule has 0 bridgehead atoms. The molecule has 0 spiro atoms. The number of carbonyl (C=O) groups is 1. The number of hydrogen-bond donors (Lipinski definition) is 2. The highest BCUT2D eigenvalue weighted by Gasteiger charge is 2.15. The summed E-state index contributed by atoms with van der Waals surface area (Å²) >= 11 is 0. The molecule has 0 aliphatic carbocycles. The predicted octanol–water partition coefficient (Wildman–Crippen LogP) is 1.91. The van der Waals surface area contributed by atoms with E-state index in [1.165, 1.54) is 6.33 Å². The number of aryl methyl sites for hydroxylation is 1. The summed E-state index contributed by atoms with van der Waals surface area (Å²) in [4.78, 5) is 16.2. The first-order valence-corrected chi connectivity index (χ1v) is 5.82. The second kappa shape index (κ2) is 5.00. The van der Waals surface area contributed by atoms with E-state index in [0.29, 0.717) is 11.4 Å². The summed E-state index contributed by atoms with van der Waals surface area (Å²) in [5, 5.41) is 9.41. The number of amides is 1. The lowest BCUT2D eigenvalue weighted by atomic mass is 10.0. The number of aromatic amines is 1. The molecule has 0 aliphatic rings. The molecule has 0 aliphatic heterocycles. The van der Waals surface area contributed by atoms with Gasteiger partial charge in [0.15, 0.2) is 0 Å². The third kappa shape index (κ3) is 2.40. The summed E-state index contributed by atoms with van der Waals surface area (Å²) in [5.41, 5.74) is 2.80. The minimum Gasteiger partial charge on any atom is -0.342 e. The van der Waals surface area contributed by atoms with Gasteiger partial charge in [0.2, 0.25) is 0 Å². The SMILES string of the molecule is Cc1cccc(C(=O)NC(C)c2ncn[nH]2)c1C. The van der Waals surface area contributed by atoms with Crippen molar-refractivity contribution in [2.45, 2.75) is 26.8 Å². The van der Waals surface area contributed by atoms with Crippen molar-refractivity contribution in [2.24, 2.45) is 0 Å². The van der Waals surface area contributed by atoms with Crippen molar-refractivity contribution in [3.8, 4) is 0 Å². The third-order valence-corrected chi connectivity index (χ3v) is 3.04. The standard InChI is InChI=1S/C13H16N4O/c1-8-5-4-6-11(9(8)2)13(18)16-10(3)12-14-7-15-17-12/h4-7,10H,1-3H3,(H,16,18)(H,14,15,17). The van der Waals surface area contributed by atoms with Crippen LogP contribution in [0.1, 0.15) is 40.3 Å². The lowest BCUT2D eigenvalue weighted by molar-refractivity contribution is 0.0937. The summed E-state index contributed by atoms with van der Waals surface area (Å²) in [6.07, 6.45) is 1.43. The minimum atomic E-state index is -0.195. The Labute approximate surface area is 106 Å². The van der Waals surface area contributed by atoms with Crippen molar-refractivity contribution in [2.75, 3.05) is 0 Å². The van der Waals surface area contributed by atoms with Gasteiger partial charge in [0.25, 0.3) is 5.91 Å². The second-order valence-corrected chi connectivity index (χ2v) is 4.31. The molecule has 94 valence electrons. The van der Waals surface area contributed by atoms with Crippen LogP contribution >= 0.6 is 0 Å². The van der Waals surface area contributed by atoms with Crippen molar-refractivity contribution < 1.29 is 4.79 Å². The van der Waals surface area contributed by atoms with Gasteiger partial charge in [-0.2, -0.15) is 5.10 Å². The number of nitrogens with zero attached hydrogens (tertiary/aromatic N) is 2. The Bertz CT molecular complexity index is 548. The van der Waals surface area contributed by atoms with Crippen molar-refractivity contribution in [3.05, 3.63) is 47.0 Å². The van der Waals surface area contributed by atoms with E-state index < -0.39 is 0 Å². The molecule has 1 heterocycles. The summed E-state index contributed by atoms with van der Waals surface area (Å²) in [7, 11) is 0. The van der Waals surface area contributed by atoms with Crippen LogP contribution < -0.4 is 5.32 Å². The van der Waals surface area contributed by atoms with E-state index in [2.05, 4.69) is 20.5 Å². The highest BCUT2D eigenvalue weighted by atomic mass is 16.1. The molecule has 1 amide bonds. The number of nitrogens with one attached hydrogen (secondary N) is 2. The molecule has 1 aromatic heterocycles. The van der Waals surface area contributed by atoms with E-state index >= 15 is 0 Å². The van der Waals surface area contributed by atoms with E-state index in [-0.39, 0.29) is 11.9 Å². The third-order valence-electron chi connectivity index (χ3n) is 3.04. The molecule has 0 fully saturated rings. The van der Waals surface area contributed by atoms with E-state index in [0.717, 1.165) is 11.1 Å². The quantitative estimate of drug-likeness (QED) is 0.866. The first kappa shape index (κ1) is 12.3. The van der Waals surface area contributed by atoms with Crippen molar-refractivity contribution in [1.29, 1.82) is 0 Å². The topological polar surface area (TPSA) is 70.7 Å². The molecule has 2 aromatic rings. The zero-order chi connectivity index (χ0) is 13.1. The van der Waals surface area contributed by atoms with Crippen LogP contribution in [0.4, 0.5) is 0 Å². The summed E-state index contributed by atoms with van der Waals surface area (Å²) < 4.78 is 0. The van der Waals surface area contributed by atoms with Crippen LogP contribution in [0.2, 0.25) is 0 Å². The van der Waals surface area contributed by atoms with E-state index in [4.69, 9.17) is 0 Å². The number of rotatable bonds is 3.